The van der Waals surface area contributed by atoms with Crippen molar-refractivity contribution in [2.45, 2.75) is 6.18 Å². The first-order valence-electron chi connectivity index (χ1n) is 4.86. The maximum absolute atomic E-state index is 12.5. The van der Waals surface area contributed by atoms with Crippen LogP contribution >= 0.6 is 0 Å². The van der Waals surface area contributed by atoms with Gasteiger partial charge in [0.25, 0.3) is 0 Å². The van der Waals surface area contributed by atoms with E-state index in [4.69, 9.17) is 5.11 Å². The van der Waals surface area contributed by atoms with Crippen LogP contribution in [0, 0.1) is 0 Å². The van der Waals surface area contributed by atoms with Gasteiger partial charge in [0.2, 0.25) is 0 Å². The van der Waals surface area contributed by atoms with Gasteiger partial charge in [-0.3, -0.25) is 0 Å². The molecule has 6 heteroatoms. The largest absolute Gasteiger partial charge is 0.508 e. The standard InChI is InChI=1S/C12H7F3O3/c13-12(14,15)7-1-2-9-6(3-7)4-8(16)5-10(9)11(17)18/h1-5,16H,(H,17,18). The molecule has 2 rings (SSSR count). The fourth-order valence-electron chi connectivity index (χ4n) is 1.71. The summed E-state index contributed by atoms with van der Waals surface area (Å²) in [7, 11) is 0. The number of phenolic OH excluding ortho intramolecular Hbond substituents is 1. The first-order chi connectivity index (χ1) is 8.29. The number of hydrogen-bond acceptors (Lipinski definition) is 2. The van der Waals surface area contributed by atoms with Crippen molar-refractivity contribution in [2.24, 2.45) is 0 Å². The number of benzene rings is 2. The summed E-state index contributed by atoms with van der Waals surface area (Å²) in [5.41, 5.74) is -1.13. The van der Waals surface area contributed by atoms with Gasteiger partial charge < -0.3 is 10.2 Å². The number of aromatic hydroxyl groups is 1. The zero-order valence-electron chi connectivity index (χ0n) is 8.82. The van der Waals surface area contributed by atoms with Crippen molar-refractivity contribution in [3.63, 3.8) is 0 Å². The Balaban J connectivity index is 2.76. The minimum atomic E-state index is -4.51. The first kappa shape index (κ1) is 12.2. The molecule has 18 heavy (non-hydrogen) atoms. The Hall–Kier alpha value is -2.24. The maximum atomic E-state index is 12.5. The lowest BCUT2D eigenvalue weighted by atomic mass is 10.0. The molecule has 0 atom stereocenters. The van der Waals surface area contributed by atoms with Crippen LogP contribution in [0.4, 0.5) is 13.2 Å². The van der Waals surface area contributed by atoms with Crippen LogP contribution in [0.3, 0.4) is 0 Å². The normalized spacial score (nSPS) is 11.7. The van der Waals surface area contributed by atoms with E-state index < -0.39 is 17.7 Å². The lowest BCUT2D eigenvalue weighted by Gasteiger charge is -2.09. The predicted molar refractivity (Wildman–Crippen MR) is 57.6 cm³/mol. The fourth-order valence-corrected chi connectivity index (χ4v) is 1.71. The Labute approximate surface area is 99.1 Å². The van der Waals surface area contributed by atoms with Crippen LogP contribution in [0.2, 0.25) is 0 Å². The molecule has 0 aliphatic heterocycles. The van der Waals surface area contributed by atoms with Gasteiger partial charge in [-0.25, -0.2) is 4.79 Å². The molecule has 2 N–H and O–H groups in total. The molecule has 94 valence electrons. The average Bonchev–Trinajstić information content (AvgIpc) is 2.25. The predicted octanol–water partition coefficient (Wildman–Crippen LogP) is 3.26. The van der Waals surface area contributed by atoms with Crippen molar-refractivity contribution in [3.05, 3.63) is 41.5 Å². The van der Waals surface area contributed by atoms with E-state index >= 15 is 0 Å². The Bertz CT molecular complexity index is 632. The quantitative estimate of drug-likeness (QED) is 0.823. The number of carboxylic acids is 1. The number of carbonyl (C=O) groups is 1. The van der Waals surface area contributed by atoms with E-state index in [1.165, 1.54) is 0 Å². The number of aromatic carboxylic acids is 1. The number of fused-ring (bicyclic) bond motifs is 1. The molecule has 0 amide bonds. The first-order valence-corrected chi connectivity index (χ1v) is 4.86. The second kappa shape index (κ2) is 3.90. The summed E-state index contributed by atoms with van der Waals surface area (Å²) in [4.78, 5) is 10.9. The molecule has 0 bridgehead atoms. The van der Waals surface area contributed by atoms with Gasteiger partial charge in [-0.05, 0) is 35.0 Å². The average molecular weight is 256 g/mol. The van der Waals surface area contributed by atoms with Crippen molar-refractivity contribution >= 4 is 16.7 Å². The van der Waals surface area contributed by atoms with Crippen molar-refractivity contribution in [1.82, 2.24) is 0 Å². The van der Waals surface area contributed by atoms with Crippen molar-refractivity contribution < 1.29 is 28.2 Å². The Morgan fingerprint density at radius 1 is 1.11 bits per heavy atom. The second-order valence-corrected chi connectivity index (χ2v) is 3.73. The number of hydrogen-bond donors (Lipinski definition) is 2. The third kappa shape index (κ3) is 2.09. The molecule has 0 unspecified atom stereocenters. The number of phenols is 1. The van der Waals surface area contributed by atoms with E-state index in [-0.39, 0.29) is 22.1 Å². The van der Waals surface area contributed by atoms with E-state index in [1.54, 1.807) is 0 Å². The lowest BCUT2D eigenvalue weighted by molar-refractivity contribution is -0.137. The van der Waals surface area contributed by atoms with Gasteiger partial charge in [0.15, 0.2) is 0 Å². The summed E-state index contributed by atoms with van der Waals surface area (Å²) in [5, 5.41) is 18.4. The zero-order chi connectivity index (χ0) is 13.5. The van der Waals surface area contributed by atoms with Gasteiger partial charge in [0, 0.05) is 0 Å². The smallest absolute Gasteiger partial charge is 0.416 e. The van der Waals surface area contributed by atoms with Crippen LogP contribution in [-0.4, -0.2) is 16.2 Å². The molecule has 0 saturated heterocycles. The minimum Gasteiger partial charge on any atom is -0.508 e. The van der Waals surface area contributed by atoms with Crippen molar-refractivity contribution in [3.8, 4) is 5.75 Å². The van der Waals surface area contributed by atoms with Gasteiger partial charge in [-0.1, -0.05) is 6.07 Å². The van der Waals surface area contributed by atoms with Crippen LogP contribution in [0.15, 0.2) is 30.3 Å². The number of alkyl halides is 3. The fraction of sp³-hybridized carbons (Fsp3) is 0.0833. The highest BCUT2D eigenvalue weighted by molar-refractivity contribution is 6.04. The summed E-state index contributed by atoms with van der Waals surface area (Å²) in [6, 6.07) is 4.79. The summed E-state index contributed by atoms with van der Waals surface area (Å²) in [6.07, 6.45) is -4.51. The van der Waals surface area contributed by atoms with Crippen LogP contribution in [0.5, 0.6) is 5.75 Å². The summed E-state index contributed by atoms with van der Waals surface area (Å²) in [6.45, 7) is 0. The SMILES string of the molecule is O=C(O)c1cc(O)cc2cc(C(F)(F)F)ccc12. The van der Waals surface area contributed by atoms with Gasteiger partial charge in [-0.2, -0.15) is 13.2 Å². The molecule has 0 spiro atoms. The molecule has 3 nitrogen and oxygen atoms in total. The Kier molecular flexibility index (Phi) is 2.65. The molecule has 0 aromatic heterocycles. The zero-order valence-corrected chi connectivity index (χ0v) is 8.82. The van der Waals surface area contributed by atoms with Gasteiger partial charge in [0.05, 0.1) is 11.1 Å². The molecule has 2 aromatic carbocycles. The minimum absolute atomic E-state index is 0.0298. The van der Waals surface area contributed by atoms with E-state index in [1.807, 2.05) is 0 Å². The molecule has 0 saturated carbocycles. The molecule has 0 radical (unpaired) electrons. The third-order valence-electron chi connectivity index (χ3n) is 2.50. The number of rotatable bonds is 1. The molecule has 0 heterocycles. The van der Waals surface area contributed by atoms with Crippen LogP contribution in [0.25, 0.3) is 10.8 Å². The molecular weight excluding hydrogens is 249 g/mol. The van der Waals surface area contributed by atoms with Crippen LogP contribution in [0.1, 0.15) is 15.9 Å². The van der Waals surface area contributed by atoms with Gasteiger partial charge in [-0.15, -0.1) is 0 Å². The lowest BCUT2D eigenvalue weighted by Crippen LogP contribution is -2.05. The highest BCUT2D eigenvalue weighted by Gasteiger charge is 2.30. The topological polar surface area (TPSA) is 57.5 Å². The Morgan fingerprint density at radius 3 is 2.33 bits per heavy atom. The van der Waals surface area contributed by atoms with E-state index in [0.29, 0.717) is 0 Å². The van der Waals surface area contributed by atoms with Crippen molar-refractivity contribution in [1.29, 1.82) is 0 Å². The monoisotopic (exact) mass is 256 g/mol. The third-order valence-corrected chi connectivity index (χ3v) is 2.50. The summed E-state index contributed by atoms with van der Waals surface area (Å²) < 4.78 is 37.5. The van der Waals surface area contributed by atoms with E-state index in [2.05, 4.69) is 0 Å². The number of carboxylic acid groups (broad SMARTS) is 1. The molecule has 2 aromatic rings. The maximum Gasteiger partial charge on any atom is 0.416 e. The number of halogens is 3. The highest BCUT2D eigenvalue weighted by Crippen LogP contribution is 2.33. The van der Waals surface area contributed by atoms with Crippen molar-refractivity contribution in [2.75, 3.05) is 0 Å². The van der Waals surface area contributed by atoms with Crippen LogP contribution < -0.4 is 0 Å². The van der Waals surface area contributed by atoms with Crippen LogP contribution in [-0.2, 0) is 6.18 Å². The van der Waals surface area contributed by atoms with E-state index in [9.17, 15) is 23.1 Å². The summed E-state index contributed by atoms with van der Waals surface area (Å²) in [5.74, 6) is -1.70. The summed E-state index contributed by atoms with van der Waals surface area (Å²) >= 11 is 0. The second-order valence-electron chi connectivity index (χ2n) is 3.73. The molecule has 0 aliphatic carbocycles. The Morgan fingerprint density at radius 2 is 1.78 bits per heavy atom. The highest BCUT2D eigenvalue weighted by atomic mass is 19.4. The van der Waals surface area contributed by atoms with E-state index in [0.717, 1.165) is 30.3 Å². The van der Waals surface area contributed by atoms with Gasteiger partial charge >= 0.3 is 12.1 Å². The molecular formula is C12H7F3O3. The molecule has 0 aliphatic rings. The van der Waals surface area contributed by atoms with Gasteiger partial charge in [0.1, 0.15) is 5.75 Å². The molecule has 0 fully saturated rings.